The van der Waals surface area contributed by atoms with Gasteiger partial charge in [0.2, 0.25) is 0 Å². The Hall–Kier alpha value is -1.62. The zero-order valence-corrected chi connectivity index (χ0v) is 14.0. The molecule has 1 aromatic heterocycles. The van der Waals surface area contributed by atoms with Gasteiger partial charge in [-0.05, 0) is 51.3 Å². The van der Waals surface area contributed by atoms with Crippen molar-refractivity contribution in [3.63, 3.8) is 0 Å². The summed E-state index contributed by atoms with van der Waals surface area (Å²) in [6.45, 7) is 9.31. The van der Waals surface area contributed by atoms with Gasteiger partial charge in [-0.1, -0.05) is 6.92 Å². The summed E-state index contributed by atoms with van der Waals surface area (Å²) >= 11 is 0. The van der Waals surface area contributed by atoms with Crippen LogP contribution in [0.15, 0.2) is 24.5 Å². The van der Waals surface area contributed by atoms with Gasteiger partial charge < -0.3 is 15.0 Å². The lowest BCUT2D eigenvalue weighted by Gasteiger charge is -2.25. The van der Waals surface area contributed by atoms with Crippen molar-refractivity contribution >= 4 is 6.09 Å². The molecule has 1 amide bonds. The van der Waals surface area contributed by atoms with Crippen molar-refractivity contribution in [2.45, 2.75) is 58.2 Å². The van der Waals surface area contributed by atoms with Crippen LogP contribution in [-0.2, 0) is 4.74 Å². The molecule has 0 aliphatic carbocycles. The molecule has 2 atom stereocenters. The maximum atomic E-state index is 12.1. The van der Waals surface area contributed by atoms with Crippen molar-refractivity contribution in [3.05, 3.63) is 30.1 Å². The van der Waals surface area contributed by atoms with E-state index < -0.39 is 5.60 Å². The molecule has 0 radical (unpaired) electrons. The molecule has 0 unspecified atom stereocenters. The fourth-order valence-electron chi connectivity index (χ4n) is 2.72. The second-order valence-corrected chi connectivity index (χ2v) is 6.82. The highest BCUT2D eigenvalue weighted by Gasteiger charge is 2.30. The van der Waals surface area contributed by atoms with E-state index in [4.69, 9.17) is 4.74 Å². The Morgan fingerprint density at radius 1 is 1.45 bits per heavy atom. The molecule has 0 bridgehead atoms. The largest absolute Gasteiger partial charge is 0.444 e. The lowest BCUT2D eigenvalue weighted by molar-refractivity contribution is 0.0290. The average Bonchev–Trinajstić information content (AvgIpc) is 2.92. The highest BCUT2D eigenvalue weighted by molar-refractivity contribution is 5.68. The maximum absolute atomic E-state index is 12.1. The third-order valence-corrected chi connectivity index (χ3v) is 3.79. The van der Waals surface area contributed by atoms with Crippen LogP contribution in [0.5, 0.6) is 0 Å². The van der Waals surface area contributed by atoms with Gasteiger partial charge in [-0.15, -0.1) is 0 Å². The molecule has 122 valence electrons. The van der Waals surface area contributed by atoms with E-state index in [1.54, 1.807) is 4.90 Å². The minimum Gasteiger partial charge on any atom is -0.444 e. The summed E-state index contributed by atoms with van der Waals surface area (Å²) in [4.78, 5) is 18.0. The van der Waals surface area contributed by atoms with Gasteiger partial charge in [0, 0.05) is 37.6 Å². The molecule has 5 heteroatoms. The van der Waals surface area contributed by atoms with E-state index in [0.717, 1.165) is 19.4 Å². The molecule has 2 heterocycles. The summed E-state index contributed by atoms with van der Waals surface area (Å²) in [5, 5.41) is 3.65. The number of likely N-dealkylation sites (tertiary alicyclic amines) is 1. The van der Waals surface area contributed by atoms with Crippen molar-refractivity contribution in [1.29, 1.82) is 0 Å². The molecule has 0 spiro atoms. The summed E-state index contributed by atoms with van der Waals surface area (Å²) < 4.78 is 5.44. The van der Waals surface area contributed by atoms with Gasteiger partial charge in [0.05, 0.1) is 0 Å². The van der Waals surface area contributed by atoms with E-state index in [-0.39, 0.29) is 6.09 Å². The molecule has 1 N–H and O–H groups in total. The maximum Gasteiger partial charge on any atom is 0.410 e. The molecule has 1 aliphatic rings. The topological polar surface area (TPSA) is 54.5 Å². The van der Waals surface area contributed by atoms with Crippen LogP contribution in [0.2, 0.25) is 0 Å². The number of carbonyl (C=O) groups excluding carboxylic acids is 1. The van der Waals surface area contributed by atoms with Crippen molar-refractivity contribution < 1.29 is 9.53 Å². The second-order valence-electron chi connectivity index (χ2n) is 6.82. The molecular formula is C17H27N3O2. The number of pyridine rings is 1. The van der Waals surface area contributed by atoms with E-state index >= 15 is 0 Å². The number of nitrogens with zero attached hydrogens (tertiary/aromatic N) is 2. The first-order valence-electron chi connectivity index (χ1n) is 8.03. The monoisotopic (exact) mass is 305 g/mol. The van der Waals surface area contributed by atoms with E-state index in [1.807, 2.05) is 45.3 Å². The standard InChI is InChI=1S/C17H27N3O2/c1-5-15(13-6-9-18-10-7-13)19-14-8-11-20(12-14)16(21)22-17(2,3)4/h6-7,9-10,14-15,19H,5,8,11-12H2,1-4H3/t14-,15-/m0/s1. The van der Waals surface area contributed by atoms with Gasteiger partial charge in [0.15, 0.2) is 0 Å². The highest BCUT2D eigenvalue weighted by Crippen LogP contribution is 2.20. The predicted octanol–water partition coefficient (Wildman–Crippen LogP) is 3.13. The first-order chi connectivity index (χ1) is 10.4. The number of hydrogen-bond acceptors (Lipinski definition) is 4. The minimum absolute atomic E-state index is 0.214. The lowest BCUT2D eigenvalue weighted by atomic mass is 10.0. The molecule has 0 aromatic carbocycles. The smallest absolute Gasteiger partial charge is 0.410 e. The Bertz CT molecular complexity index is 484. The number of nitrogens with one attached hydrogen (secondary N) is 1. The molecule has 1 aliphatic heterocycles. The van der Waals surface area contributed by atoms with Crippen LogP contribution in [0.25, 0.3) is 0 Å². The van der Waals surface area contributed by atoms with E-state index in [2.05, 4.69) is 17.2 Å². The van der Waals surface area contributed by atoms with Crippen molar-refractivity contribution in [2.75, 3.05) is 13.1 Å². The van der Waals surface area contributed by atoms with Gasteiger partial charge in [0.25, 0.3) is 0 Å². The second kappa shape index (κ2) is 7.09. The normalized spacial score (nSPS) is 20.0. The SMILES string of the molecule is CC[C@H](N[C@H]1CCN(C(=O)OC(C)(C)C)C1)c1ccncc1. The Kier molecular flexibility index (Phi) is 5.40. The summed E-state index contributed by atoms with van der Waals surface area (Å²) in [5.41, 5.74) is 0.805. The molecule has 1 aromatic rings. The molecule has 0 saturated carbocycles. The average molecular weight is 305 g/mol. The molecular weight excluding hydrogens is 278 g/mol. The third-order valence-electron chi connectivity index (χ3n) is 3.79. The lowest BCUT2D eigenvalue weighted by Crippen LogP contribution is -2.39. The van der Waals surface area contributed by atoms with Gasteiger partial charge in [-0.3, -0.25) is 4.98 Å². The number of carbonyl (C=O) groups is 1. The summed E-state index contributed by atoms with van der Waals surface area (Å²) in [6.07, 6.45) is 5.39. The fraction of sp³-hybridized carbons (Fsp3) is 0.647. The van der Waals surface area contributed by atoms with Crippen molar-refractivity contribution in [1.82, 2.24) is 15.2 Å². The molecule has 2 rings (SSSR count). The number of ether oxygens (including phenoxy) is 1. The van der Waals surface area contributed by atoms with Crippen molar-refractivity contribution in [2.24, 2.45) is 0 Å². The Balaban J connectivity index is 1.89. The first-order valence-corrected chi connectivity index (χ1v) is 8.03. The van der Waals surface area contributed by atoms with Gasteiger partial charge >= 0.3 is 6.09 Å². The molecule has 1 fully saturated rings. The van der Waals surface area contributed by atoms with E-state index in [9.17, 15) is 4.79 Å². The molecule has 22 heavy (non-hydrogen) atoms. The number of hydrogen-bond donors (Lipinski definition) is 1. The van der Waals surface area contributed by atoms with E-state index in [1.165, 1.54) is 5.56 Å². The van der Waals surface area contributed by atoms with Crippen LogP contribution in [0.4, 0.5) is 4.79 Å². The molecule has 1 saturated heterocycles. The van der Waals surface area contributed by atoms with Crippen LogP contribution in [0.1, 0.15) is 52.1 Å². The minimum atomic E-state index is -0.439. The number of aromatic nitrogens is 1. The van der Waals surface area contributed by atoms with Gasteiger partial charge in [-0.25, -0.2) is 4.79 Å². The summed E-state index contributed by atoms with van der Waals surface area (Å²) in [6, 6.07) is 4.70. The van der Waals surface area contributed by atoms with Crippen LogP contribution < -0.4 is 5.32 Å². The third kappa shape index (κ3) is 4.70. The Labute approximate surface area is 133 Å². The zero-order valence-electron chi connectivity index (χ0n) is 14.0. The highest BCUT2D eigenvalue weighted by atomic mass is 16.6. The summed E-state index contributed by atoms with van der Waals surface area (Å²) in [5.74, 6) is 0. The van der Waals surface area contributed by atoms with Crippen LogP contribution in [-0.4, -0.2) is 40.7 Å². The van der Waals surface area contributed by atoms with Crippen LogP contribution >= 0.6 is 0 Å². The number of amides is 1. The zero-order chi connectivity index (χ0) is 16.2. The first kappa shape index (κ1) is 16.7. The fourth-order valence-corrected chi connectivity index (χ4v) is 2.72. The summed E-state index contributed by atoms with van der Waals surface area (Å²) in [7, 11) is 0. The van der Waals surface area contributed by atoms with Crippen LogP contribution in [0.3, 0.4) is 0 Å². The van der Waals surface area contributed by atoms with Gasteiger partial charge in [-0.2, -0.15) is 0 Å². The Morgan fingerprint density at radius 2 is 2.14 bits per heavy atom. The predicted molar refractivity (Wildman–Crippen MR) is 86.6 cm³/mol. The molecule has 5 nitrogen and oxygen atoms in total. The van der Waals surface area contributed by atoms with Gasteiger partial charge in [0.1, 0.15) is 5.60 Å². The quantitative estimate of drug-likeness (QED) is 0.928. The van der Waals surface area contributed by atoms with Crippen LogP contribution in [0, 0.1) is 0 Å². The van der Waals surface area contributed by atoms with Crippen molar-refractivity contribution in [3.8, 4) is 0 Å². The Morgan fingerprint density at radius 3 is 2.73 bits per heavy atom. The number of rotatable bonds is 4. The van der Waals surface area contributed by atoms with E-state index in [0.29, 0.717) is 18.6 Å².